The van der Waals surface area contributed by atoms with Gasteiger partial charge >= 0.3 is 0 Å². The molecule has 122 valence electrons. The van der Waals surface area contributed by atoms with Crippen LogP contribution in [0.1, 0.15) is 38.7 Å². The Morgan fingerprint density at radius 2 is 1.91 bits per heavy atom. The summed E-state index contributed by atoms with van der Waals surface area (Å²) in [5.74, 6) is -0.198. The van der Waals surface area contributed by atoms with Crippen molar-refractivity contribution in [1.29, 1.82) is 0 Å². The Hall–Kier alpha value is -1.26. The van der Waals surface area contributed by atoms with Crippen molar-refractivity contribution in [2.45, 2.75) is 45.7 Å². The van der Waals surface area contributed by atoms with E-state index in [1.54, 1.807) is 24.1 Å². The number of carbonyl (C=O) groups is 2. The summed E-state index contributed by atoms with van der Waals surface area (Å²) in [5, 5.41) is 3.53. The topological polar surface area (TPSA) is 49.4 Å². The van der Waals surface area contributed by atoms with E-state index in [-0.39, 0.29) is 11.8 Å². The molecule has 1 atom stereocenters. The maximum absolute atomic E-state index is 12.4. The van der Waals surface area contributed by atoms with Crippen LogP contribution in [0.15, 0.2) is 18.2 Å². The molecule has 1 rings (SSSR count). The Labute approximate surface area is 141 Å². The Bertz CT molecular complexity index is 535. The van der Waals surface area contributed by atoms with Crippen LogP contribution in [0.25, 0.3) is 0 Å². The van der Waals surface area contributed by atoms with E-state index in [2.05, 4.69) is 5.32 Å². The first kappa shape index (κ1) is 18.8. The molecule has 4 nitrogen and oxygen atoms in total. The average Bonchev–Trinajstić information content (AvgIpc) is 2.50. The first-order valence-corrected chi connectivity index (χ1v) is 8.15. The molecule has 22 heavy (non-hydrogen) atoms. The van der Waals surface area contributed by atoms with Gasteiger partial charge in [-0.25, -0.2) is 0 Å². The Morgan fingerprint density at radius 3 is 2.41 bits per heavy atom. The van der Waals surface area contributed by atoms with Gasteiger partial charge in [-0.1, -0.05) is 43.1 Å². The lowest BCUT2D eigenvalue weighted by molar-refractivity contribution is -0.141. The van der Waals surface area contributed by atoms with Gasteiger partial charge in [0.1, 0.15) is 6.04 Å². The quantitative estimate of drug-likeness (QED) is 0.820. The van der Waals surface area contributed by atoms with Gasteiger partial charge in [0.25, 0.3) is 0 Å². The van der Waals surface area contributed by atoms with Gasteiger partial charge in [0.05, 0.1) is 10.0 Å². The van der Waals surface area contributed by atoms with E-state index in [9.17, 15) is 9.59 Å². The molecule has 1 aromatic carbocycles. The van der Waals surface area contributed by atoms with E-state index in [4.69, 9.17) is 23.2 Å². The van der Waals surface area contributed by atoms with E-state index >= 15 is 0 Å². The number of halogens is 2. The van der Waals surface area contributed by atoms with Gasteiger partial charge in [0.15, 0.2) is 0 Å². The molecule has 0 spiro atoms. The number of likely N-dealkylation sites (N-methyl/N-ethyl adjacent to an activating group) is 1. The molecule has 0 saturated carbocycles. The predicted octanol–water partition coefficient (Wildman–Crippen LogP) is 3.65. The molecular formula is C16H22Cl2N2O2. The number of benzene rings is 1. The van der Waals surface area contributed by atoms with Crippen molar-refractivity contribution in [2.24, 2.45) is 0 Å². The highest BCUT2D eigenvalue weighted by Gasteiger charge is 2.27. The summed E-state index contributed by atoms with van der Waals surface area (Å²) in [7, 11) is 1.58. The zero-order valence-electron chi connectivity index (χ0n) is 13.2. The van der Waals surface area contributed by atoms with Crippen LogP contribution in [0.4, 0.5) is 0 Å². The van der Waals surface area contributed by atoms with Crippen molar-refractivity contribution in [1.82, 2.24) is 10.2 Å². The molecule has 1 N–H and O–H groups in total. The second-order valence-corrected chi connectivity index (χ2v) is 5.87. The van der Waals surface area contributed by atoms with Gasteiger partial charge in [-0.3, -0.25) is 9.59 Å². The number of nitrogens with zero attached hydrogens (tertiary/aromatic N) is 1. The van der Waals surface area contributed by atoms with Crippen LogP contribution < -0.4 is 5.32 Å². The standard InChI is InChI=1S/C16H22Cl2N2O2/c1-4-6-15(21)20(14(5-2)16(22)19-3)10-11-7-8-12(17)13(18)9-11/h7-9,14H,4-6,10H2,1-3H3,(H,19,22)/t14-/m0/s1. The van der Waals surface area contributed by atoms with E-state index in [1.165, 1.54) is 0 Å². The molecule has 0 aromatic heterocycles. The van der Waals surface area contributed by atoms with Crippen molar-refractivity contribution >= 4 is 35.0 Å². The minimum atomic E-state index is -0.487. The summed E-state index contributed by atoms with van der Waals surface area (Å²) < 4.78 is 0. The zero-order valence-corrected chi connectivity index (χ0v) is 14.7. The number of nitrogens with one attached hydrogen (secondary N) is 1. The van der Waals surface area contributed by atoms with Crippen LogP contribution in [0.2, 0.25) is 10.0 Å². The molecule has 0 aliphatic rings. The minimum absolute atomic E-state index is 0.0379. The molecule has 0 heterocycles. The van der Waals surface area contributed by atoms with Gasteiger partial charge in [-0.15, -0.1) is 0 Å². The summed E-state index contributed by atoms with van der Waals surface area (Å²) in [4.78, 5) is 26.1. The summed E-state index contributed by atoms with van der Waals surface area (Å²) in [5.41, 5.74) is 0.848. The maximum atomic E-state index is 12.4. The minimum Gasteiger partial charge on any atom is -0.357 e. The highest BCUT2D eigenvalue weighted by atomic mass is 35.5. The molecule has 6 heteroatoms. The summed E-state index contributed by atoms with van der Waals surface area (Å²) in [6.45, 7) is 4.17. The van der Waals surface area contributed by atoms with Gasteiger partial charge in [0, 0.05) is 20.0 Å². The molecule has 0 fully saturated rings. The predicted molar refractivity (Wildman–Crippen MR) is 90.1 cm³/mol. The van der Waals surface area contributed by atoms with E-state index < -0.39 is 6.04 Å². The molecule has 0 bridgehead atoms. The van der Waals surface area contributed by atoms with Crippen LogP contribution in [0.3, 0.4) is 0 Å². The fourth-order valence-corrected chi connectivity index (χ4v) is 2.60. The lowest BCUT2D eigenvalue weighted by Gasteiger charge is -2.30. The average molecular weight is 345 g/mol. The Balaban J connectivity index is 3.05. The smallest absolute Gasteiger partial charge is 0.242 e. The normalized spacial score (nSPS) is 11.9. The van der Waals surface area contributed by atoms with Crippen molar-refractivity contribution in [2.75, 3.05) is 7.05 Å². The Kier molecular flexibility index (Phi) is 7.69. The van der Waals surface area contributed by atoms with Crippen LogP contribution in [-0.2, 0) is 16.1 Å². The largest absolute Gasteiger partial charge is 0.357 e. The summed E-state index contributed by atoms with van der Waals surface area (Å²) in [6.07, 6.45) is 1.70. The number of hydrogen-bond donors (Lipinski definition) is 1. The van der Waals surface area contributed by atoms with Gasteiger partial charge in [-0.2, -0.15) is 0 Å². The molecule has 0 radical (unpaired) electrons. The van der Waals surface area contributed by atoms with E-state index in [0.717, 1.165) is 12.0 Å². The van der Waals surface area contributed by atoms with Crippen LogP contribution in [-0.4, -0.2) is 29.8 Å². The fourth-order valence-electron chi connectivity index (χ4n) is 2.28. The van der Waals surface area contributed by atoms with E-state index in [0.29, 0.717) is 29.4 Å². The van der Waals surface area contributed by atoms with E-state index in [1.807, 2.05) is 19.9 Å². The maximum Gasteiger partial charge on any atom is 0.242 e. The second kappa shape index (κ2) is 9.01. The van der Waals surface area contributed by atoms with Gasteiger partial charge in [0.2, 0.25) is 11.8 Å². The van der Waals surface area contributed by atoms with Crippen molar-refractivity contribution in [3.05, 3.63) is 33.8 Å². The van der Waals surface area contributed by atoms with Crippen LogP contribution in [0, 0.1) is 0 Å². The SMILES string of the molecule is CCCC(=O)N(Cc1ccc(Cl)c(Cl)c1)[C@@H](CC)C(=O)NC. The third kappa shape index (κ3) is 4.89. The summed E-state index contributed by atoms with van der Waals surface area (Å²) >= 11 is 11.9. The van der Waals surface area contributed by atoms with Crippen LogP contribution >= 0.6 is 23.2 Å². The fraction of sp³-hybridized carbons (Fsp3) is 0.500. The number of amides is 2. The van der Waals surface area contributed by atoms with Crippen LogP contribution in [0.5, 0.6) is 0 Å². The van der Waals surface area contributed by atoms with Crippen molar-refractivity contribution in [3.63, 3.8) is 0 Å². The highest BCUT2D eigenvalue weighted by Crippen LogP contribution is 2.24. The molecule has 1 aromatic rings. The lowest BCUT2D eigenvalue weighted by atomic mass is 10.1. The molecule has 0 saturated heterocycles. The first-order chi connectivity index (χ1) is 10.4. The van der Waals surface area contributed by atoms with Crippen molar-refractivity contribution < 1.29 is 9.59 Å². The number of hydrogen-bond acceptors (Lipinski definition) is 2. The molecule has 2 amide bonds. The number of carbonyl (C=O) groups excluding carboxylic acids is 2. The molecule has 0 unspecified atom stereocenters. The zero-order chi connectivity index (χ0) is 16.7. The van der Waals surface area contributed by atoms with Crippen molar-refractivity contribution in [3.8, 4) is 0 Å². The lowest BCUT2D eigenvalue weighted by Crippen LogP contribution is -2.48. The highest BCUT2D eigenvalue weighted by molar-refractivity contribution is 6.42. The number of rotatable bonds is 7. The second-order valence-electron chi connectivity index (χ2n) is 5.06. The molecule has 0 aliphatic carbocycles. The van der Waals surface area contributed by atoms with Gasteiger partial charge in [-0.05, 0) is 30.5 Å². The van der Waals surface area contributed by atoms with Gasteiger partial charge < -0.3 is 10.2 Å². The first-order valence-electron chi connectivity index (χ1n) is 7.39. The Morgan fingerprint density at radius 1 is 1.23 bits per heavy atom. The third-order valence-corrected chi connectivity index (χ3v) is 4.17. The molecular weight excluding hydrogens is 323 g/mol. The third-order valence-electron chi connectivity index (χ3n) is 3.43. The molecule has 0 aliphatic heterocycles. The summed E-state index contributed by atoms with van der Waals surface area (Å²) in [6, 6.07) is 4.75. The monoisotopic (exact) mass is 344 g/mol.